The number of hydrogen-bond donors (Lipinski definition) is 1. The lowest BCUT2D eigenvalue weighted by Gasteiger charge is -2.31. The number of hydrogen-bond acceptors (Lipinski definition) is 3. The van der Waals surface area contributed by atoms with Crippen LogP contribution in [0.4, 0.5) is 0 Å². The van der Waals surface area contributed by atoms with Gasteiger partial charge in [0.2, 0.25) is 10.0 Å². The Hall–Kier alpha value is -0.910. The molecule has 5 heteroatoms. The average molecular weight is 351 g/mol. The minimum atomic E-state index is -3.33. The quantitative estimate of drug-likeness (QED) is 0.886. The van der Waals surface area contributed by atoms with Crippen molar-refractivity contribution in [3.63, 3.8) is 0 Å². The van der Waals surface area contributed by atoms with Crippen LogP contribution in [0, 0.1) is 5.92 Å². The SMILES string of the molecule is CNCC1CCN(S(=O)(=O)c2ccc(C3CCCCC3)cc2)CC1. The standard InChI is InChI=1S/C19H30N2O2S/c1-20-15-16-11-13-21(14-12-16)24(22,23)19-9-7-18(8-10-19)17-5-3-2-4-6-17/h7-10,16-17,20H,2-6,11-15H2,1H3. The minimum absolute atomic E-state index is 0.453. The fourth-order valence-corrected chi connectivity index (χ4v) is 5.61. The molecule has 1 saturated carbocycles. The maximum absolute atomic E-state index is 12.8. The average Bonchev–Trinajstić information content (AvgIpc) is 2.63. The van der Waals surface area contributed by atoms with Crippen LogP contribution in [-0.2, 0) is 10.0 Å². The van der Waals surface area contributed by atoms with Gasteiger partial charge in [-0.25, -0.2) is 8.42 Å². The van der Waals surface area contributed by atoms with Gasteiger partial charge in [0.15, 0.2) is 0 Å². The van der Waals surface area contributed by atoms with Gasteiger partial charge in [-0.05, 0) is 68.8 Å². The van der Waals surface area contributed by atoms with Gasteiger partial charge in [0.1, 0.15) is 0 Å². The zero-order chi connectivity index (χ0) is 17.0. The summed E-state index contributed by atoms with van der Waals surface area (Å²) >= 11 is 0. The summed E-state index contributed by atoms with van der Waals surface area (Å²) in [5.41, 5.74) is 1.31. The maximum Gasteiger partial charge on any atom is 0.243 e. The molecule has 2 aliphatic rings. The van der Waals surface area contributed by atoms with Crippen LogP contribution < -0.4 is 5.32 Å². The lowest BCUT2D eigenvalue weighted by atomic mass is 9.84. The molecule has 1 aromatic carbocycles. The summed E-state index contributed by atoms with van der Waals surface area (Å²) in [7, 11) is -1.38. The Labute approximate surface area is 146 Å². The van der Waals surface area contributed by atoms with Crippen molar-refractivity contribution in [2.45, 2.75) is 55.8 Å². The van der Waals surface area contributed by atoms with Crippen LogP contribution in [0.5, 0.6) is 0 Å². The van der Waals surface area contributed by atoms with Crippen molar-refractivity contribution >= 4 is 10.0 Å². The highest BCUT2D eigenvalue weighted by Gasteiger charge is 2.29. The second kappa shape index (κ2) is 7.98. The third kappa shape index (κ3) is 4.01. The molecule has 1 N–H and O–H groups in total. The van der Waals surface area contributed by atoms with Crippen molar-refractivity contribution in [2.75, 3.05) is 26.7 Å². The van der Waals surface area contributed by atoms with Crippen LogP contribution >= 0.6 is 0 Å². The van der Waals surface area contributed by atoms with Crippen molar-refractivity contribution in [3.8, 4) is 0 Å². The van der Waals surface area contributed by atoms with Crippen LogP contribution in [0.15, 0.2) is 29.2 Å². The third-order valence-corrected chi connectivity index (χ3v) is 7.57. The highest BCUT2D eigenvalue weighted by Crippen LogP contribution is 2.33. The Bertz CT molecular complexity index is 613. The molecule has 134 valence electrons. The highest BCUT2D eigenvalue weighted by molar-refractivity contribution is 7.89. The molecule has 0 aromatic heterocycles. The Morgan fingerprint density at radius 3 is 2.21 bits per heavy atom. The monoisotopic (exact) mass is 350 g/mol. The van der Waals surface area contributed by atoms with Crippen LogP contribution in [0.25, 0.3) is 0 Å². The summed E-state index contributed by atoms with van der Waals surface area (Å²) in [5.74, 6) is 1.21. The second-order valence-electron chi connectivity index (χ2n) is 7.31. The third-order valence-electron chi connectivity index (χ3n) is 5.66. The van der Waals surface area contributed by atoms with Gasteiger partial charge >= 0.3 is 0 Å². The molecule has 24 heavy (non-hydrogen) atoms. The Kier molecular flexibility index (Phi) is 5.95. The van der Waals surface area contributed by atoms with Gasteiger partial charge in [-0.15, -0.1) is 0 Å². The van der Waals surface area contributed by atoms with E-state index in [4.69, 9.17) is 0 Å². The summed E-state index contributed by atoms with van der Waals surface area (Å²) in [4.78, 5) is 0.453. The molecule has 3 rings (SSSR count). The highest BCUT2D eigenvalue weighted by atomic mass is 32.2. The number of nitrogens with one attached hydrogen (secondary N) is 1. The summed E-state index contributed by atoms with van der Waals surface area (Å²) in [6.07, 6.45) is 8.31. The van der Waals surface area contributed by atoms with Crippen molar-refractivity contribution in [1.82, 2.24) is 9.62 Å². The van der Waals surface area contributed by atoms with E-state index in [1.165, 1.54) is 37.7 Å². The number of sulfonamides is 1. The second-order valence-corrected chi connectivity index (χ2v) is 9.25. The van der Waals surface area contributed by atoms with E-state index < -0.39 is 10.0 Å². The molecule has 0 bridgehead atoms. The first-order chi connectivity index (χ1) is 11.6. The number of benzene rings is 1. The minimum Gasteiger partial charge on any atom is -0.319 e. The van der Waals surface area contributed by atoms with E-state index in [1.54, 1.807) is 4.31 Å². The molecule has 1 aliphatic heterocycles. The largest absolute Gasteiger partial charge is 0.319 e. The lowest BCUT2D eigenvalue weighted by Crippen LogP contribution is -2.40. The molecular weight excluding hydrogens is 320 g/mol. The topological polar surface area (TPSA) is 49.4 Å². The van der Waals surface area contributed by atoms with Crippen LogP contribution in [-0.4, -0.2) is 39.4 Å². The van der Waals surface area contributed by atoms with Gasteiger partial charge in [-0.3, -0.25) is 0 Å². The van der Waals surface area contributed by atoms with Gasteiger partial charge in [-0.2, -0.15) is 4.31 Å². The number of nitrogens with zero attached hydrogens (tertiary/aromatic N) is 1. The normalized spacial score (nSPS) is 21.9. The maximum atomic E-state index is 12.8. The molecule has 1 aromatic rings. The molecule has 0 atom stereocenters. The molecule has 1 heterocycles. The van der Waals surface area contributed by atoms with E-state index in [9.17, 15) is 8.42 Å². The zero-order valence-electron chi connectivity index (χ0n) is 14.7. The number of rotatable bonds is 5. The fraction of sp³-hybridized carbons (Fsp3) is 0.684. The molecular formula is C19H30N2O2S. The van der Waals surface area contributed by atoms with Gasteiger partial charge in [0, 0.05) is 13.1 Å². The number of piperidine rings is 1. The summed E-state index contributed by atoms with van der Waals surface area (Å²) in [5, 5.41) is 3.19. The van der Waals surface area contributed by atoms with Gasteiger partial charge in [-0.1, -0.05) is 31.4 Å². The first-order valence-electron chi connectivity index (χ1n) is 9.36. The zero-order valence-corrected chi connectivity index (χ0v) is 15.5. The van der Waals surface area contributed by atoms with Crippen molar-refractivity contribution in [3.05, 3.63) is 29.8 Å². The molecule has 0 amide bonds. The van der Waals surface area contributed by atoms with Gasteiger partial charge in [0.25, 0.3) is 0 Å². The molecule has 0 spiro atoms. The van der Waals surface area contributed by atoms with Crippen LogP contribution in [0.1, 0.15) is 56.4 Å². The van der Waals surface area contributed by atoms with Gasteiger partial charge < -0.3 is 5.32 Å². The van der Waals surface area contributed by atoms with Crippen molar-refractivity contribution in [2.24, 2.45) is 5.92 Å². The molecule has 1 saturated heterocycles. The molecule has 4 nitrogen and oxygen atoms in total. The van der Waals surface area contributed by atoms with E-state index in [2.05, 4.69) is 5.32 Å². The summed E-state index contributed by atoms with van der Waals surface area (Å²) < 4.78 is 27.4. The lowest BCUT2D eigenvalue weighted by molar-refractivity contribution is 0.270. The summed E-state index contributed by atoms with van der Waals surface area (Å²) in [6, 6.07) is 7.71. The van der Waals surface area contributed by atoms with E-state index in [1.807, 2.05) is 31.3 Å². The van der Waals surface area contributed by atoms with E-state index in [-0.39, 0.29) is 0 Å². The van der Waals surface area contributed by atoms with Gasteiger partial charge in [0.05, 0.1) is 4.90 Å². The van der Waals surface area contributed by atoms with Crippen molar-refractivity contribution < 1.29 is 8.42 Å². The molecule has 1 aliphatic carbocycles. The predicted octanol–water partition coefficient (Wildman–Crippen LogP) is 3.35. The molecule has 2 fully saturated rings. The Balaban J connectivity index is 1.66. The van der Waals surface area contributed by atoms with Crippen LogP contribution in [0.3, 0.4) is 0 Å². The van der Waals surface area contributed by atoms with E-state index >= 15 is 0 Å². The van der Waals surface area contributed by atoms with Crippen molar-refractivity contribution in [1.29, 1.82) is 0 Å². The first kappa shape index (κ1) is 17.9. The Morgan fingerprint density at radius 1 is 1.00 bits per heavy atom. The Morgan fingerprint density at radius 2 is 1.62 bits per heavy atom. The summed E-state index contributed by atoms with van der Waals surface area (Å²) in [6.45, 7) is 2.25. The first-order valence-corrected chi connectivity index (χ1v) is 10.8. The molecule has 0 unspecified atom stereocenters. The van der Waals surface area contributed by atoms with E-state index in [0.29, 0.717) is 29.8 Å². The van der Waals surface area contributed by atoms with E-state index in [0.717, 1.165) is 19.4 Å². The fourth-order valence-electron chi connectivity index (χ4n) is 4.14. The molecule has 0 radical (unpaired) electrons. The smallest absolute Gasteiger partial charge is 0.243 e. The predicted molar refractivity (Wildman–Crippen MR) is 97.7 cm³/mol. The van der Waals surface area contributed by atoms with Crippen LogP contribution in [0.2, 0.25) is 0 Å².